The van der Waals surface area contributed by atoms with E-state index in [1.807, 2.05) is 20.8 Å². The Kier molecular flexibility index (Phi) is 4.91. The van der Waals surface area contributed by atoms with Gasteiger partial charge in [0.1, 0.15) is 0 Å². The van der Waals surface area contributed by atoms with E-state index in [9.17, 15) is 9.59 Å². The van der Waals surface area contributed by atoms with Crippen LogP contribution < -0.4 is 10.6 Å². The third-order valence-corrected chi connectivity index (χ3v) is 2.43. The fourth-order valence-electron chi connectivity index (χ4n) is 1.34. The molecule has 0 atom stereocenters. The fourth-order valence-corrected chi connectivity index (χ4v) is 1.57. The minimum atomic E-state index is -1.09. The van der Waals surface area contributed by atoms with Crippen molar-refractivity contribution in [3.8, 4) is 0 Å². The van der Waals surface area contributed by atoms with Gasteiger partial charge in [-0.15, -0.1) is 0 Å². The van der Waals surface area contributed by atoms with Gasteiger partial charge in [-0.1, -0.05) is 11.6 Å². The standard InChI is InChI=1S/C13H17ClN2O3/c1-13(2,3)15-7-11(17)16-10-5-8(12(18)19)4-9(14)6-10/h4-6,15H,7H2,1-3H3,(H,16,17)(H,18,19). The molecule has 104 valence electrons. The second-order valence-electron chi connectivity index (χ2n) is 5.19. The molecule has 0 saturated heterocycles. The van der Waals surface area contributed by atoms with Crippen LogP contribution >= 0.6 is 11.6 Å². The highest BCUT2D eigenvalue weighted by Crippen LogP contribution is 2.19. The molecule has 1 rings (SSSR count). The zero-order valence-corrected chi connectivity index (χ0v) is 11.8. The zero-order chi connectivity index (χ0) is 14.6. The predicted molar refractivity (Wildman–Crippen MR) is 74.8 cm³/mol. The van der Waals surface area contributed by atoms with Gasteiger partial charge in [-0.3, -0.25) is 4.79 Å². The van der Waals surface area contributed by atoms with Crippen LogP contribution in [0.2, 0.25) is 5.02 Å². The summed E-state index contributed by atoms with van der Waals surface area (Å²) in [5.41, 5.74) is 0.231. The van der Waals surface area contributed by atoms with Gasteiger partial charge >= 0.3 is 5.97 Å². The van der Waals surface area contributed by atoms with Gasteiger partial charge < -0.3 is 15.7 Å². The van der Waals surface area contributed by atoms with Crippen LogP contribution in [0.4, 0.5) is 5.69 Å². The minimum absolute atomic E-state index is 0.0339. The number of anilines is 1. The third kappa shape index (κ3) is 5.72. The van der Waals surface area contributed by atoms with E-state index in [1.165, 1.54) is 18.2 Å². The monoisotopic (exact) mass is 284 g/mol. The minimum Gasteiger partial charge on any atom is -0.478 e. The molecule has 19 heavy (non-hydrogen) atoms. The van der Waals surface area contributed by atoms with Crippen molar-refractivity contribution < 1.29 is 14.7 Å². The highest BCUT2D eigenvalue weighted by molar-refractivity contribution is 6.31. The Morgan fingerprint density at radius 3 is 2.42 bits per heavy atom. The van der Waals surface area contributed by atoms with E-state index < -0.39 is 5.97 Å². The average molecular weight is 285 g/mol. The molecule has 1 aromatic rings. The molecule has 6 heteroatoms. The zero-order valence-electron chi connectivity index (χ0n) is 11.1. The number of carbonyl (C=O) groups is 2. The Morgan fingerprint density at radius 2 is 1.89 bits per heavy atom. The van der Waals surface area contributed by atoms with Crippen LogP contribution in [0.5, 0.6) is 0 Å². The quantitative estimate of drug-likeness (QED) is 0.793. The molecule has 0 heterocycles. The highest BCUT2D eigenvalue weighted by atomic mass is 35.5. The summed E-state index contributed by atoms with van der Waals surface area (Å²) in [6.07, 6.45) is 0. The number of carboxylic acid groups (broad SMARTS) is 1. The Labute approximate surface area is 117 Å². The van der Waals surface area contributed by atoms with E-state index in [2.05, 4.69) is 10.6 Å². The van der Waals surface area contributed by atoms with E-state index in [-0.39, 0.29) is 28.6 Å². The van der Waals surface area contributed by atoms with Crippen LogP contribution in [0.15, 0.2) is 18.2 Å². The van der Waals surface area contributed by atoms with Gasteiger partial charge in [-0.2, -0.15) is 0 Å². The first-order valence-electron chi connectivity index (χ1n) is 5.76. The van der Waals surface area contributed by atoms with E-state index in [0.29, 0.717) is 5.69 Å². The lowest BCUT2D eigenvalue weighted by molar-refractivity contribution is -0.115. The lowest BCUT2D eigenvalue weighted by atomic mass is 10.1. The SMILES string of the molecule is CC(C)(C)NCC(=O)Nc1cc(Cl)cc(C(=O)O)c1. The molecule has 0 aliphatic heterocycles. The molecule has 0 bridgehead atoms. The summed E-state index contributed by atoms with van der Waals surface area (Å²) < 4.78 is 0. The maximum absolute atomic E-state index is 11.7. The fraction of sp³-hybridized carbons (Fsp3) is 0.385. The predicted octanol–water partition coefficient (Wildman–Crippen LogP) is 2.36. The summed E-state index contributed by atoms with van der Waals surface area (Å²) in [6, 6.07) is 4.19. The van der Waals surface area contributed by atoms with Crippen LogP contribution in [0.3, 0.4) is 0 Å². The van der Waals surface area contributed by atoms with Gasteiger partial charge in [0.05, 0.1) is 12.1 Å². The van der Waals surface area contributed by atoms with E-state index in [0.717, 1.165) is 0 Å². The molecule has 0 unspecified atom stereocenters. The topological polar surface area (TPSA) is 78.4 Å². The number of carboxylic acids is 1. The second-order valence-corrected chi connectivity index (χ2v) is 5.62. The Balaban J connectivity index is 2.71. The Hall–Kier alpha value is -1.59. The summed E-state index contributed by atoms with van der Waals surface area (Å²) in [5, 5.41) is 14.8. The number of benzene rings is 1. The maximum Gasteiger partial charge on any atom is 0.335 e. The van der Waals surface area contributed by atoms with Crippen molar-refractivity contribution in [2.45, 2.75) is 26.3 Å². The third-order valence-electron chi connectivity index (χ3n) is 2.21. The van der Waals surface area contributed by atoms with Crippen LogP contribution in [0.25, 0.3) is 0 Å². The van der Waals surface area contributed by atoms with Crippen molar-refractivity contribution in [2.24, 2.45) is 0 Å². The number of nitrogens with one attached hydrogen (secondary N) is 2. The lowest BCUT2D eigenvalue weighted by Gasteiger charge is -2.20. The lowest BCUT2D eigenvalue weighted by Crippen LogP contribution is -2.41. The van der Waals surface area contributed by atoms with Crippen molar-refractivity contribution in [1.29, 1.82) is 0 Å². The van der Waals surface area contributed by atoms with Gasteiger partial charge in [-0.25, -0.2) is 4.79 Å². The number of aromatic carboxylic acids is 1. The van der Waals surface area contributed by atoms with Crippen LogP contribution in [-0.4, -0.2) is 29.1 Å². The molecular formula is C13H17ClN2O3. The molecule has 0 aliphatic rings. The molecule has 0 spiro atoms. The number of amides is 1. The molecule has 0 aliphatic carbocycles. The molecule has 1 amide bonds. The first-order valence-corrected chi connectivity index (χ1v) is 6.14. The molecule has 0 fully saturated rings. The van der Waals surface area contributed by atoms with Crippen molar-refractivity contribution in [3.05, 3.63) is 28.8 Å². The Morgan fingerprint density at radius 1 is 1.26 bits per heavy atom. The summed E-state index contributed by atoms with van der Waals surface area (Å²) >= 11 is 5.80. The summed E-state index contributed by atoms with van der Waals surface area (Å²) in [7, 11) is 0. The molecule has 0 saturated carbocycles. The largest absolute Gasteiger partial charge is 0.478 e. The average Bonchev–Trinajstić information content (AvgIpc) is 2.24. The summed E-state index contributed by atoms with van der Waals surface area (Å²) in [5.74, 6) is -1.35. The number of hydrogen-bond donors (Lipinski definition) is 3. The van der Waals surface area contributed by atoms with Crippen molar-refractivity contribution in [3.63, 3.8) is 0 Å². The van der Waals surface area contributed by atoms with Crippen LogP contribution in [0.1, 0.15) is 31.1 Å². The van der Waals surface area contributed by atoms with Crippen molar-refractivity contribution in [1.82, 2.24) is 5.32 Å². The molecule has 0 radical (unpaired) electrons. The van der Waals surface area contributed by atoms with Gasteiger partial charge in [0.25, 0.3) is 0 Å². The smallest absolute Gasteiger partial charge is 0.335 e. The highest BCUT2D eigenvalue weighted by Gasteiger charge is 2.12. The van der Waals surface area contributed by atoms with Gasteiger partial charge in [0, 0.05) is 16.2 Å². The number of rotatable bonds is 4. The van der Waals surface area contributed by atoms with E-state index in [1.54, 1.807) is 0 Å². The van der Waals surface area contributed by atoms with Crippen molar-refractivity contribution >= 4 is 29.2 Å². The van der Waals surface area contributed by atoms with Gasteiger partial charge in [0.15, 0.2) is 0 Å². The van der Waals surface area contributed by atoms with Crippen LogP contribution in [0, 0.1) is 0 Å². The normalized spacial score (nSPS) is 11.2. The first-order chi connectivity index (χ1) is 8.67. The van der Waals surface area contributed by atoms with Gasteiger partial charge in [-0.05, 0) is 39.0 Å². The molecule has 3 N–H and O–H groups in total. The second kappa shape index (κ2) is 6.04. The Bertz CT molecular complexity index is 495. The van der Waals surface area contributed by atoms with E-state index >= 15 is 0 Å². The molecule has 5 nitrogen and oxygen atoms in total. The molecular weight excluding hydrogens is 268 g/mol. The van der Waals surface area contributed by atoms with Crippen molar-refractivity contribution in [2.75, 3.05) is 11.9 Å². The summed E-state index contributed by atoms with van der Waals surface area (Å²) in [4.78, 5) is 22.6. The summed E-state index contributed by atoms with van der Waals surface area (Å²) in [6.45, 7) is 5.98. The number of carbonyl (C=O) groups excluding carboxylic acids is 1. The van der Waals surface area contributed by atoms with Gasteiger partial charge in [0.2, 0.25) is 5.91 Å². The molecule has 0 aromatic heterocycles. The first kappa shape index (κ1) is 15.5. The van der Waals surface area contributed by atoms with E-state index in [4.69, 9.17) is 16.7 Å². The number of halogens is 1. The van der Waals surface area contributed by atoms with Crippen LogP contribution in [-0.2, 0) is 4.79 Å². The molecule has 1 aromatic carbocycles. The number of hydrogen-bond acceptors (Lipinski definition) is 3. The maximum atomic E-state index is 11.7.